The zero-order valence-corrected chi connectivity index (χ0v) is 20.5. The molecule has 1 aliphatic heterocycles. The summed E-state index contributed by atoms with van der Waals surface area (Å²) >= 11 is 1.52. The first-order valence-corrected chi connectivity index (χ1v) is 12.5. The van der Waals surface area contributed by atoms with Crippen LogP contribution in [0.2, 0.25) is 0 Å². The summed E-state index contributed by atoms with van der Waals surface area (Å²) in [6, 6.07) is 13.0. The van der Waals surface area contributed by atoms with Crippen LogP contribution in [-0.2, 0) is 6.42 Å². The lowest BCUT2D eigenvalue weighted by Gasteiger charge is -2.24. The first kappa shape index (κ1) is 24.1. The average molecular weight is 476 g/mol. The number of rotatable bonds is 8. The van der Waals surface area contributed by atoms with E-state index in [0.717, 1.165) is 59.3 Å². The zero-order chi connectivity index (χ0) is 24.1. The van der Waals surface area contributed by atoms with Crippen molar-refractivity contribution in [2.75, 3.05) is 25.0 Å². The Bertz CT molecular complexity index is 1230. The Morgan fingerprint density at radius 3 is 2.74 bits per heavy atom. The van der Waals surface area contributed by atoms with Crippen LogP contribution in [0.25, 0.3) is 11.2 Å². The maximum atomic E-state index is 13.3. The Labute approximate surface area is 205 Å². The van der Waals surface area contributed by atoms with E-state index >= 15 is 0 Å². The Morgan fingerprint density at radius 2 is 2.03 bits per heavy atom. The predicted molar refractivity (Wildman–Crippen MR) is 139 cm³/mol. The minimum atomic E-state index is -0.241. The average Bonchev–Trinajstić information content (AvgIpc) is 3.23. The van der Waals surface area contributed by atoms with Crippen molar-refractivity contribution in [2.45, 2.75) is 38.5 Å². The molecule has 34 heavy (non-hydrogen) atoms. The molecule has 0 radical (unpaired) electrons. The third kappa shape index (κ3) is 5.35. The number of benzene rings is 1. The normalized spacial score (nSPS) is 14.8. The van der Waals surface area contributed by atoms with E-state index in [1.807, 2.05) is 19.4 Å². The number of hydrogen-bond acceptors (Lipinski definition) is 5. The molecule has 176 valence electrons. The van der Waals surface area contributed by atoms with Gasteiger partial charge in [0, 0.05) is 26.1 Å². The summed E-state index contributed by atoms with van der Waals surface area (Å²) in [5.41, 5.74) is 5.10. The monoisotopic (exact) mass is 475 g/mol. The van der Waals surface area contributed by atoms with E-state index < -0.39 is 0 Å². The molecule has 5 nitrogen and oxygen atoms in total. The van der Waals surface area contributed by atoms with Gasteiger partial charge in [-0.3, -0.25) is 4.40 Å². The van der Waals surface area contributed by atoms with Crippen LogP contribution in [0.1, 0.15) is 48.9 Å². The maximum absolute atomic E-state index is 13.3. The fraction of sp³-hybridized carbons (Fsp3) is 0.333. The Kier molecular flexibility index (Phi) is 7.71. The predicted octanol–water partition coefficient (Wildman–Crippen LogP) is 6.10. The van der Waals surface area contributed by atoms with E-state index in [1.165, 1.54) is 29.5 Å². The van der Waals surface area contributed by atoms with Gasteiger partial charge in [0.15, 0.2) is 0 Å². The molecule has 7 heteroatoms. The number of allylic oxidation sites excluding steroid dienone is 1. The lowest BCUT2D eigenvalue weighted by atomic mass is 9.91. The minimum absolute atomic E-state index is 0.241. The number of imidazole rings is 1. The highest BCUT2D eigenvalue weighted by atomic mass is 32.2. The molecule has 0 spiro atoms. The van der Waals surface area contributed by atoms with Crippen LogP contribution in [0.3, 0.4) is 0 Å². The van der Waals surface area contributed by atoms with Gasteiger partial charge in [0.1, 0.15) is 17.3 Å². The Hall–Kier alpha value is -3.08. The van der Waals surface area contributed by atoms with Crippen molar-refractivity contribution in [2.24, 2.45) is 0 Å². The van der Waals surface area contributed by atoms with Crippen LogP contribution >= 0.6 is 11.8 Å². The van der Waals surface area contributed by atoms with Crippen LogP contribution in [0.5, 0.6) is 0 Å². The summed E-state index contributed by atoms with van der Waals surface area (Å²) in [7, 11) is 1.99. The summed E-state index contributed by atoms with van der Waals surface area (Å²) in [5, 5.41) is 15.5. The van der Waals surface area contributed by atoms with Crippen molar-refractivity contribution in [3.8, 4) is 6.07 Å². The molecule has 1 aliphatic rings. The molecule has 4 rings (SSSR count). The van der Waals surface area contributed by atoms with Crippen LogP contribution in [0.4, 0.5) is 10.2 Å². The van der Waals surface area contributed by atoms with Crippen molar-refractivity contribution in [1.29, 1.82) is 5.26 Å². The second-order valence-corrected chi connectivity index (χ2v) is 9.58. The molecular weight excluding hydrogens is 445 g/mol. The molecule has 0 amide bonds. The SMILES string of the molecule is C=C(S/C=C(\C)c1ccc(F)cc1)N(C)c1c(CCC#N)nc2ccc(C3CCNCC3)cn12. The Balaban J connectivity index is 1.62. The molecule has 1 fully saturated rings. The molecule has 0 aliphatic carbocycles. The smallest absolute Gasteiger partial charge is 0.141 e. The van der Waals surface area contributed by atoms with Gasteiger partial charge in [0.25, 0.3) is 0 Å². The summed E-state index contributed by atoms with van der Waals surface area (Å²) in [5.74, 6) is 1.24. The molecule has 3 aromatic rings. The number of aromatic nitrogens is 2. The van der Waals surface area contributed by atoms with E-state index in [4.69, 9.17) is 10.2 Å². The van der Waals surface area contributed by atoms with E-state index in [9.17, 15) is 4.39 Å². The van der Waals surface area contributed by atoms with Crippen molar-refractivity contribution >= 4 is 28.8 Å². The van der Waals surface area contributed by atoms with E-state index in [2.05, 4.69) is 45.6 Å². The van der Waals surface area contributed by atoms with Crippen molar-refractivity contribution < 1.29 is 4.39 Å². The second kappa shape index (κ2) is 10.9. The van der Waals surface area contributed by atoms with Crippen molar-refractivity contribution in [3.63, 3.8) is 0 Å². The van der Waals surface area contributed by atoms with Crippen LogP contribution in [0, 0.1) is 17.1 Å². The van der Waals surface area contributed by atoms with Gasteiger partial charge in [-0.1, -0.05) is 36.5 Å². The van der Waals surface area contributed by atoms with E-state index in [-0.39, 0.29) is 5.82 Å². The largest absolute Gasteiger partial charge is 0.324 e. The standard InChI is InChI=1S/C27H30FN5S/c1-19(21-6-9-24(28)10-7-21)18-34-20(2)32(3)27-25(5-4-14-29)31-26-11-8-23(17-33(26)27)22-12-15-30-16-13-22/h6-11,17-18,22,30H,2,4-5,12-13,15-16H2,1,3H3/b19-18+. The summed E-state index contributed by atoms with van der Waals surface area (Å²) in [4.78, 5) is 6.90. The highest BCUT2D eigenvalue weighted by molar-refractivity contribution is 8.06. The maximum Gasteiger partial charge on any atom is 0.141 e. The highest BCUT2D eigenvalue weighted by Gasteiger charge is 2.21. The van der Waals surface area contributed by atoms with Gasteiger partial charge in [-0.05, 0) is 79.1 Å². The van der Waals surface area contributed by atoms with Gasteiger partial charge in [0.2, 0.25) is 0 Å². The molecule has 0 atom stereocenters. The molecule has 3 heterocycles. The quantitative estimate of drug-likeness (QED) is 0.427. The van der Waals surface area contributed by atoms with E-state index in [0.29, 0.717) is 18.8 Å². The number of nitrogens with one attached hydrogen (secondary N) is 1. The molecule has 1 saturated heterocycles. The summed E-state index contributed by atoms with van der Waals surface area (Å²) in [6.07, 6.45) is 5.46. The van der Waals surface area contributed by atoms with Crippen LogP contribution in [0.15, 0.2) is 59.6 Å². The van der Waals surface area contributed by atoms with Gasteiger partial charge in [0.05, 0.1) is 16.8 Å². The number of fused-ring (bicyclic) bond motifs is 1. The molecule has 2 aromatic heterocycles. The number of piperidine rings is 1. The lowest BCUT2D eigenvalue weighted by molar-refractivity contribution is 0.459. The third-order valence-electron chi connectivity index (χ3n) is 6.33. The summed E-state index contributed by atoms with van der Waals surface area (Å²) in [6.45, 7) is 8.39. The number of aryl methyl sites for hydroxylation is 1. The van der Waals surface area contributed by atoms with Gasteiger partial charge >= 0.3 is 0 Å². The van der Waals surface area contributed by atoms with Gasteiger partial charge < -0.3 is 10.2 Å². The lowest BCUT2D eigenvalue weighted by Crippen LogP contribution is -2.26. The number of nitrogens with zero attached hydrogens (tertiary/aromatic N) is 4. The summed E-state index contributed by atoms with van der Waals surface area (Å²) < 4.78 is 15.4. The molecule has 1 aromatic carbocycles. The number of pyridine rings is 1. The molecule has 0 unspecified atom stereocenters. The minimum Gasteiger partial charge on any atom is -0.324 e. The van der Waals surface area contributed by atoms with Crippen molar-refractivity contribution in [3.05, 3.63) is 82.2 Å². The van der Waals surface area contributed by atoms with E-state index in [1.54, 1.807) is 12.1 Å². The topological polar surface area (TPSA) is 56.4 Å². The molecule has 0 bridgehead atoms. The van der Waals surface area contributed by atoms with Crippen LogP contribution in [-0.4, -0.2) is 29.5 Å². The molecule has 1 N–H and O–H groups in total. The van der Waals surface area contributed by atoms with Crippen molar-refractivity contribution in [1.82, 2.24) is 14.7 Å². The first-order valence-electron chi connectivity index (χ1n) is 11.6. The fourth-order valence-corrected chi connectivity index (χ4v) is 5.02. The van der Waals surface area contributed by atoms with Gasteiger partial charge in [-0.2, -0.15) is 5.26 Å². The number of halogens is 1. The van der Waals surface area contributed by atoms with Gasteiger partial charge in [-0.15, -0.1) is 0 Å². The zero-order valence-electron chi connectivity index (χ0n) is 19.7. The number of nitriles is 1. The first-order chi connectivity index (χ1) is 16.5. The Morgan fingerprint density at radius 1 is 1.29 bits per heavy atom. The number of thioether (sulfide) groups is 1. The highest BCUT2D eigenvalue weighted by Crippen LogP contribution is 2.33. The van der Waals surface area contributed by atoms with Gasteiger partial charge in [-0.25, -0.2) is 9.37 Å². The number of anilines is 1. The fourth-order valence-electron chi connectivity index (χ4n) is 4.33. The number of hydrogen-bond donors (Lipinski definition) is 1. The second-order valence-electron chi connectivity index (χ2n) is 8.63. The third-order valence-corrected chi connectivity index (χ3v) is 7.35. The van der Waals surface area contributed by atoms with Crippen LogP contribution < -0.4 is 10.2 Å². The molecule has 0 saturated carbocycles. The molecular formula is C27H30FN5S.